The van der Waals surface area contributed by atoms with E-state index < -0.39 is 0 Å². The van der Waals surface area contributed by atoms with Crippen molar-refractivity contribution in [2.75, 3.05) is 6.54 Å². The van der Waals surface area contributed by atoms with Gasteiger partial charge in [0.2, 0.25) is 5.91 Å². The van der Waals surface area contributed by atoms with Gasteiger partial charge in [-0.25, -0.2) is 0 Å². The molecule has 1 amide bonds. The molecule has 1 unspecified atom stereocenters. The van der Waals surface area contributed by atoms with Gasteiger partial charge in [0.25, 0.3) is 0 Å². The van der Waals surface area contributed by atoms with E-state index in [9.17, 15) is 4.79 Å². The number of ether oxygens (including phenoxy) is 1. The molecule has 1 aliphatic rings. The van der Waals surface area contributed by atoms with Gasteiger partial charge in [-0.2, -0.15) is 0 Å². The minimum atomic E-state index is -0.0583. The zero-order chi connectivity index (χ0) is 17.8. The molecule has 5 heteroatoms. The molecule has 4 nitrogen and oxygen atoms in total. The van der Waals surface area contributed by atoms with Gasteiger partial charge in [-0.3, -0.25) is 9.78 Å². The third kappa shape index (κ3) is 4.51. The second-order valence-corrected chi connectivity index (χ2v) is 7.29. The number of carbonyl (C=O) groups excluding carboxylic acids is 1. The molecule has 1 atom stereocenters. The monoisotopic (exact) mass is 358 g/mol. The van der Waals surface area contributed by atoms with Crippen molar-refractivity contribution in [3.63, 3.8) is 0 Å². The molecule has 0 saturated carbocycles. The average Bonchev–Trinajstić information content (AvgIpc) is 3.00. The molecular weight excluding hydrogens is 336 g/mol. The van der Waals surface area contributed by atoms with Crippen LogP contribution in [0.3, 0.4) is 0 Å². The minimum Gasteiger partial charge on any atom is -0.487 e. The number of aromatic nitrogens is 1. The van der Waals surface area contributed by atoms with Crippen LogP contribution in [0.4, 0.5) is 0 Å². The SMILES string of the molecule is CC(C)CCC(=O)NCC1Cc2cc(Cl)cc(-c3ccncc3)c2O1. The van der Waals surface area contributed by atoms with E-state index in [1.54, 1.807) is 12.4 Å². The molecule has 2 aromatic rings. The van der Waals surface area contributed by atoms with Gasteiger partial charge in [-0.05, 0) is 42.2 Å². The summed E-state index contributed by atoms with van der Waals surface area (Å²) < 4.78 is 6.13. The third-order valence-corrected chi connectivity index (χ3v) is 4.55. The van der Waals surface area contributed by atoms with Crippen LogP contribution in [0, 0.1) is 5.92 Å². The molecule has 3 rings (SSSR count). The van der Waals surface area contributed by atoms with Gasteiger partial charge in [0.1, 0.15) is 11.9 Å². The van der Waals surface area contributed by atoms with E-state index in [0.717, 1.165) is 35.3 Å². The lowest BCUT2D eigenvalue weighted by molar-refractivity contribution is -0.121. The Morgan fingerprint density at radius 3 is 2.84 bits per heavy atom. The van der Waals surface area contributed by atoms with Crippen LogP contribution in [0.25, 0.3) is 11.1 Å². The van der Waals surface area contributed by atoms with Crippen molar-refractivity contribution in [1.29, 1.82) is 0 Å². The summed E-state index contributed by atoms with van der Waals surface area (Å²) in [6, 6.07) is 7.74. The van der Waals surface area contributed by atoms with Gasteiger partial charge in [-0.1, -0.05) is 25.4 Å². The van der Waals surface area contributed by atoms with Crippen LogP contribution in [0.5, 0.6) is 5.75 Å². The van der Waals surface area contributed by atoms with E-state index in [-0.39, 0.29) is 12.0 Å². The first kappa shape index (κ1) is 17.7. The van der Waals surface area contributed by atoms with Gasteiger partial charge in [-0.15, -0.1) is 0 Å². The first-order chi connectivity index (χ1) is 12.0. The van der Waals surface area contributed by atoms with Crippen molar-refractivity contribution in [3.05, 3.63) is 47.2 Å². The highest BCUT2D eigenvalue weighted by molar-refractivity contribution is 6.31. The highest BCUT2D eigenvalue weighted by Crippen LogP contribution is 2.40. The molecule has 0 fully saturated rings. The van der Waals surface area contributed by atoms with E-state index in [2.05, 4.69) is 24.1 Å². The number of amides is 1. The zero-order valence-corrected chi connectivity index (χ0v) is 15.3. The summed E-state index contributed by atoms with van der Waals surface area (Å²) in [5.41, 5.74) is 3.08. The maximum Gasteiger partial charge on any atom is 0.220 e. The number of pyridine rings is 1. The second kappa shape index (κ2) is 7.87. The Balaban J connectivity index is 1.68. The van der Waals surface area contributed by atoms with Crippen LogP contribution in [0.2, 0.25) is 5.02 Å². The Hall–Kier alpha value is -2.07. The summed E-state index contributed by atoms with van der Waals surface area (Å²) >= 11 is 6.28. The van der Waals surface area contributed by atoms with Crippen molar-refractivity contribution in [2.24, 2.45) is 5.92 Å². The maximum absolute atomic E-state index is 11.9. The van der Waals surface area contributed by atoms with Crippen LogP contribution in [0.15, 0.2) is 36.7 Å². The average molecular weight is 359 g/mol. The molecule has 0 radical (unpaired) electrons. The second-order valence-electron chi connectivity index (χ2n) is 6.86. The Kier molecular flexibility index (Phi) is 5.59. The molecule has 0 aliphatic carbocycles. The Labute approximate surface area is 153 Å². The van der Waals surface area contributed by atoms with Crippen LogP contribution in [-0.2, 0) is 11.2 Å². The number of nitrogens with zero attached hydrogens (tertiary/aromatic N) is 1. The number of halogens is 1. The predicted octanol–water partition coefficient (Wildman–Crippen LogP) is 4.26. The van der Waals surface area contributed by atoms with Crippen molar-refractivity contribution in [3.8, 4) is 16.9 Å². The molecule has 0 saturated heterocycles. The normalized spacial score (nSPS) is 15.8. The molecule has 1 aliphatic heterocycles. The smallest absolute Gasteiger partial charge is 0.220 e. The lowest BCUT2D eigenvalue weighted by atomic mass is 10.0. The fourth-order valence-corrected chi connectivity index (χ4v) is 3.23. The zero-order valence-electron chi connectivity index (χ0n) is 14.6. The molecule has 2 heterocycles. The Morgan fingerprint density at radius 1 is 1.36 bits per heavy atom. The molecule has 0 spiro atoms. The van der Waals surface area contributed by atoms with Crippen molar-refractivity contribution < 1.29 is 9.53 Å². The summed E-state index contributed by atoms with van der Waals surface area (Å²) in [5.74, 6) is 1.47. The van der Waals surface area contributed by atoms with Crippen LogP contribution in [0.1, 0.15) is 32.3 Å². The lowest BCUT2D eigenvalue weighted by Gasteiger charge is -2.14. The first-order valence-electron chi connectivity index (χ1n) is 8.69. The number of fused-ring (bicyclic) bond motifs is 1. The fourth-order valence-electron chi connectivity index (χ4n) is 2.99. The summed E-state index contributed by atoms with van der Waals surface area (Å²) in [6.07, 6.45) is 5.66. The van der Waals surface area contributed by atoms with Gasteiger partial charge < -0.3 is 10.1 Å². The van der Waals surface area contributed by atoms with Crippen molar-refractivity contribution in [2.45, 2.75) is 39.2 Å². The number of rotatable bonds is 6. The molecular formula is C20H23ClN2O2. The van der Waals surface area contributed by atoms with Crippen LogP contribution in [-0.4, -0.2) is 23.5 Å². The van der Waals surface area contributed by atoms with Gasteiger partial charge in [0.05, 0.1) is 6.54 Å². The molecule has 0 bridgehead atoms. The van der Waals surface area contributed by atoms with E-state index in [0.29, 0.717) is 23.9 Å². The van der Waals surface area contributed by atoms with Gasteiger partial charge >= 0.3 is 0 Å². The van der Waals surface area contributed by atoms with Gasteiger partial charge in [0, 0.05) is 41.4 Å². The standard InChI is InChI=1S/C20H23ClN2O2/c1-13(2)3-4-19(24)23-12-17-10-15-9-16(21)11-18(20(15)25-17)14-5-7-22-8-6-14/h5-9,11,13,17H,3-4,10,12H2,1-2H3,(H,23,24). The van der Waals surface area contributed by atoms with Crippen molar-refractivity contribution >= 4 is 17.5 Å². The fraction of sp³-hybridized carbons (Fsp3) is 0.400. The summed E-state index contributed by atoms with van der Waals surface area (Å²) in [7, 11) is 0. The Morgan fingerprint density at radius 2 is 2.12 bits per heavy atom. The molecule has 25 heavy (non-hydrogen) atoms. The van der Waals surface area contributed by atoms with Crippen molar-refractivity contribution in [1.82, 2.24) is 10.3 Å². The molecule has 1 aromatic heterocycles. The van der Waals surface area contributed by atoms with Gasteiger partial charge in [0.15, 0.2) is 0 Å². The minimum absolute atomic E-state index is 0.0583. The van der Waals surface area contributed by atoms with E-state index in [1.165, 1.54) is 0 Å². The first-order valence-corrected chi connectivity index (χ1v) is 9.07. The van der Waals surface area contributed by atoms with E-state index >= 15 is 0 Å². The highest BCUT2D eigenvalue weighted by Gasteiger charge is 2.27. The lowest BCUT2D eigenvalue weighted by Crippen LogP contribution is -2.34. The number of hydrogen-bond acceptors (Lipinski definition) is 3. The summed E-state index contributed by atoms with van der Waals surface area (Å²) in [6.45, 7) is 4.75. The summed E-state index contributed by atoms with van der Waals surface area (Å²) in [5, 5.41) is 3.67. The van der Waals surface area contributed by atoms with E-state index in [1.807, 2.05) is 24.3 Å². The van der Waals surface area contributed by atoms with Crippen LogP contribution < -0.4 is 10.1 Å². The van der Waals surface area contributed by atoms with E-state index in [4.69, 9.17) is 16.3 Å². The number of nitrogens with one attached hydrogen (secondary N) is 1. The quantitative estimate of drug-likeness (QED) is 0.839. The predicted molar refractivity (Wildman–Crippen MR) is 99.9 cm³/mol. The highest BCUT2D eigenvalue weighted by atomic mass is 35.5. The maximum atomic E-state index is 11.9. The number of benzene rings is 1. The largest absolute Gasteiger partial charge is 0.487 e. The molecule has 1 N–H and O–H groups in total. The van der Waals surface area contributed by atoms with Crippen LogP contribution >= 0.6 is 11.6 Å². The number of carbonyl (C=O) groups is 1. The number of hydrogen-bond donors (Lipinski definition) is 1. The summed E-state index contributed by atoms with van der Waals surface area (Å²) in [4.78, 5) is 16.0. The third-order valence-electron chi connectivity index (χ3n) is 4.33. The topological polar surface area (TPSA) is 51.2 Å². The Bertz CT molecular complexity index is 747. The molecule has 132 valence electrons. The molecule has 1 aromatic carbocycles.